The lowest BCUT2D eigenvalue weighted by atomic mass is 10.1. The first-order valence-electron chi connectivity index (χ1n) is 12.2. The number of hydrogen-bond acceptors (Lipinski definition) is 4. The number of alkyl halides is 3. The molecule has 0 radical (unpaired) electrons. The average Bonchev–Trinajstić information content (AvgIpc) is 3.29. The summed E-state index contributed by atoms with van der Waals surface area (Å²) in [4.78, 5) is 39.2. The summed E-state index contributed by atoms with van der Waals surface area (Å²) in [6, 6.07) is 10.1. The Morgan fingerprint density at radius 2 is 1.70 bits per heavy atom. The van der Waals surface area contributed by atoms with Gasteiger partial charge >= 0.3 is 12.2 Å². The second kappa shape index (κ2) is 12.6. The maximum atomic E-state index is 13.2. The Morgan fingerprint density at radius 3 is 2.35 bits per heavy atom. The van der Waals surface area contributed by atoms with Gasteiger partial charge in [-0.15, -0.1) is 0 Å². The molecule has 4 amide bonds. The van der Waals surface area contributed by atoms with E-state index in [1.807, 2.05) is 0 Å². The van der Waals surface area contributed by atoms with Gasteiger partial charge in [-0.1, -0.05) is 31.2 Å². The van der Waals surface area contributed by atoms with Crippen molar-refractivity contribution in [2.45, 2.75) is 45.5 Å². The molecule has 0 aromatic heterocycles. The highest BCUT2D eigenvalue weighted by molar-refractivity contribution is 6.04. The molecule has 0 aliphatic carbocycles. The Labute approximate surface area is 214 Å². The molecule has 11 heteroatoms. The third-order valence-corrected chi connectivity index (χ3v) is 6.06. The van der Waals surface area contributed by atoms with E-state index in [1.54, 1.807) is 6.92 Å². The van der Waals surface area contributed by atoms with Crippen molar-refractivity contribution in [3.8, 4) is 0 Å². The van der Waals surface area contributed by atoms with Gasteiger partial charge in [-0.25, -0.2) is 4.79 Å². The molecule has 8 nitrogen and oxygen atoms in total. The number of amides is 4. The first-order valence-corrected chi connectivity index (χ1v) is 12.2. The number of halogens is 3. The lowest BCUT2D eigenvalue weighted by molar-refractivity contribution is -0.137. The van der Waals surface area contributed by atoms with E-state index in [0.717, 1.165) is 38.1 Å². The van der Waals surface area contributed by atoms with Gasteiger partial charge in [0.1, 0.15) is 0 Å². The Balaban J connectivity index is 1.55. The van der Waals surface area contributed by atoms with Crippen molar-refractivity contribution in [2.24, 2.45) is 0 Å². The number of likely N-dealkylation sites (tertiary alicyclic amines) is 1. The van der Waals surface area contributed by atoms with Crippen LogP contribution in [-0.4, -0.2) is 55.0 Å². The van der Waals surface area contributed by atoms with E-state index in [2.05, 4.69) is 57.4 Å². The fourth-order valence-electron chi connectivity index (χ4n) is 4.11. The third kappa shape index (κ3) is 8.21. The van der Waals surface area contributed by atoms with E-state index in [-0.39, 0.29) is 18.3 Å². The summed E-state index contributed by atoms with van der Waals surface area (Å²) in [5, 5.41) is 10.0. The molecule has 2 aromatic carbocycles. The lowest BCUT2D eigenvalue weighted by Crippen LogP contribution is -2.43. The van der Waals surface area contributed by atoms with Crippen LogP contribution in [-0.2, 0) is 23.9 Å². The Kier molecular flexibility index (Phi) is 9.51. The SMILES string of the molecule is CCNC(=O)Nc1ccc(C(F)(F)F)cc1C(=O)NCC(=O)NC1CCN(Cc2ccc(CC)cc2)C1. The van der Waals surface area contributed by atoms with Crippen LogP contribution < -0.4 is 21.3 Å². The van der Waals surface area contributed by atoms with Gasteiger partial charge in [0.05, 0.1) is 23.4 Å². The summed E-state index contributed by atoms with van der Waals surface area (Å²) in [5.74, 6) is -1.35. The largest absolute Gasteiger partial charge is 0.416 e. The van der Waals surface area contributed by atoms with Crippen molar-refractivity contribution < 1.29 is 27.6 Å². The smallest absolute Gasteiger partial charge is 0.350 e. The number of aryl methyl sites for hydroxylation is 1. The molecular weight excluding hydrogens is 487 g/mol. The molecule has 0 saturated carbocycles. The molecule has 1 saturated heterocycles. The molecule has 3 rings (SSSR count). The monoisotopic (exact) mass is 519 g/mol. The molecule has 0 spiro atoms. The van der Waals surface area contributed by atoms with Crippen LogP contribution in [0.3, 0.4) is 0 Å². The van der Waals surface area contributed by atoms with Gasteiger partial charge in [-0.05, 0) is 49.1 Å². The summed E-state index contributed by atoms with van der Waals surface area (Å²) in [7, 11) is 0. The summed E-state index contributed by atoms with van der Waals surface area (Å²) < 4.78 is 39.6. The normalized spacial score (nSPS) is 15.8. The number of carbonyl (C=O) groups excluding carboxylic acids is 3. The molecule has 1 aliphatic rings. The number of nitrogens with one attached hydrogen (secondary N) is 4. The van der Waals surface area contributed by atoms with Crippen molar-refractivity contribution in [3.63, 3.8) is 0 Å². The first-order chi connectivity index (χ1) is 17.6. The summed E-state index contributed by atoms with van der Waals surface area (Å²) >= 11 is 0. The molecule has 0 bridgehead atoms. The van der Waals surface area contributed by atoms with Gasteiger partial charge in [-0.3, -0.25) is 14.5 Å². The molecule has 200 valence electrons. The summed E-state index contributed by atoms with van der Waals surface area (Å²) in [6.07, 6.45) is -2.95. The molecule has 1 unspecified atom stereocenters. The number of rotatable bonds is 9. The first kappa shape index (κ1) is 28.0. The fraction of sp³-hybridized carbons (Fsp3) is 0.423. The van der Waals surface area contributed by atoms with E-state index < -0.39 is 41.7 Å². The van der Waals surface area contributed by atoms with E-state index >= 15 is 0 Å². The number of anilines is 1. The quantitative estimate of drug-likeness (QED) is 0.407. The van der Waals surface area contributed by atoms with Crippen LogP contribution >= 0.6 is 0 Å². The fourth-order valence-corrected chi connectivity index (χ4v) is 4.11. The lowest BCUT2D eigenvalue weighted by Gasteiger charge is -2.17. The van der Waals surface area contributed by atoms with Crippen LogP contribution in [0.25, 0.3) is 0 Å². The number of urea groups is 1. The van der Waals surface area contributed by atoms with Gasteiger partial charge < -0.3 is 21.3 Å². The number of hydrogen-bond donors (Lipinski definition) is 4. The van der Waals surface area contributed by atoms with Crippen LogP contribution in [0.2, 0.25) is 0 Å². The highest BCUT2D eigenvalue weighted by Crippen LogP contribution is 2.32. The van der Waals surface area contributed by atoms with E-state index in [9.17, 15) is 27.6 Å². The van der Waals surface area contributed by atoms with Gasteiger partial charge in [0, 0.05) is 32.2 Å². The van der Waals surface area contributed by atoms with Gasteiger partial charge in [0.15, 0.2) is 0 Å². The molecule has 1 heterocycles. The van der Waals surface area contributed by atoms with Crippen molar-refractivity contribution in [1.82, 2.24) is 20.9 Å². The topological polar surface area (TPSA) is 103 Å². The van der Waals surface area contributed by atoms with Crippen molar-refractivity contribution in [3.05, 3.63) is 64.7 Å². The van der Waals surface area contributed by atoms with Crippen molar-refractivity contribution >= 4 is 23.5 Å². The van der Waals surface area contributed by atoms with Crippen LogP contribution in [0.15, 0.2) is 42.5 Å². The summed E-state index contributed by atoms with van der Waals surface area (Å²) in [5.41, 5.74) is 0.924. The maximum Gasteiger partial charge on any atom is 0.416 e. The highest BCUT2D eigenvalue weighted by atomic mass is 19.4. The van der Waals surface area contributed by atoms with Gasteiger partial charge in [0.25, 0.3) is 5.91 Å². The summed E-state index contributed by atoms with van der Waals surface area (Å²) in [6.45, 7) is 5.89. The van der Waals surface area contributed by atoms with Crippen LogP contribution in [0.4, 0.5) is 23.7 Å². The number of nitrogens with zero attached hydrogens (tertiary/aromatic N) is 1. The second-order valence-electron chi connectivity index (χ2n) is 8.88. The average molecular weight is 520 g/mol. The predicted octanol–water partition coefficient (Wildman–Crippen LogP) is 3.53. The third-order valence-electron chi connectivity index (χ3n) is 6.06. The Morgan fingerprint density at radius 1 is 1.00 bits per heavy atom. The molecular formula is C26H32F3N5O3. The molecule has 2 aromatic rings. The Bertz CT molecular complexity index is 1110. The van der Waals surface area contributed by atoms with Crippen molar-refractivity contribution in [2.75, 3.05) is 31.5 Å². The zero-order valence-corrected chi connectivity index (χ0v) is 20.9. The maximum absolute atomic E-state index is 13.2. The van der Waals surface area contributed by atoms with Gasteiger partial charge in [0.2, 0.25) is 5.91 Å². The zero-order valence-electron chi connectivity index (χ0n) is 20.9. The van der Waals surface area contributed by atoms with Crippen molar-refractivity contribution in [1.29, 1.82) is 0 Å². The minimum atomic E-state index is -4.68. The van der Waals surface area contributed by atoms with E-state index in [4.69, 9.17) is 0 Å². The second-order valence-corrected chi connectivity index (χ2v) is 8.88. The highest BCUT2D eigenvalue weighted by Gasteiger charge is 2.32. The van der Waals surface area contributed by atoms with E-state index in [1.165, 1.54) is 11.1 Å². The molecule has 4 N–H and O–H groups in total. The molecule has 1 atom stereocenters. The number of carbonyl (C=O) groups is 3. The minimum absolute atomic E-state index is 0.0946. The Hall–Kier alpha value is -3.60. The molecule has 37 heavy (non-hydrogen) atoms. The minimum Gasteiger partial charge on any atom is -0.350 e. The standard InChI is InChI=1S/C26H32F3N5O3/c1-3-17-5-7-18(8-6-17)15-34-12-11-20(16-34)32-23(35)14-31-24(36)21-13-19(26(27,28)29)9-10-22(21)33-25(37)30-4-2/h5-10,13,20H,3-4,11-12,14-16H2,1-2H3,(H,31,36)(H,32,35)(H2,30,33,37). The molecule has 1 aliphatic heterocycles. The molecule has 1 fully saturated rings. The van der Waals surface area contributed by atoms with E-state index in [0.29, 0.717) is 12.6 Å². The number of benzene rings is 2. The van der Waals surface area contributed by atoms with Gasteiger partial charge in [-0.2, -0.15) is 13.2 Å². The predicted molar refractivity (Wildman–Crippen MR) is 134 cm³/mol. The van der Waals surface area contributed by atoms with Crippen LogP contribution in [0.1, 0.15) is 47.3 Å². The van der Waals surface area contributed by atoms with Crippen LogP contribution in [0.5, 0.6) is 0 Å². The van der Waals surface area contributed by atoms with Crippen LogP contribution in [0, 0.1) is 0 Å². The zero-order chi connectivity index (χ0) is 27.0.